The Hall–Kier alpha value is -0.980. The Morgan fingerprint density at radius 2 is 2.35 bits per heavy atom. The third-order valence-corrected chi connectivity index (χ3v) is 3.01. The lowest BCUT2D eigenvalue weighted by atomic mass is 10.0. The highest BCUT2D eigenvalue weighted by atomic mass is 16.5. The van der Waals surface area contributed by atoms with Crippen LogP contribution in [0.3, 0.4) is 0 Å². The molecule has 0 radical (unpaired) electrons. The SMILES string of the molecule is CCOC(C)c1noc(C2COCC2NC)n1. The smallest absolute Gasteiger partial charge is 0.233 e. The molecule has 1 fully saturated rings. The van der Waals surface area contributed by atoms with E-state index in [1.54, 1.807) is 0 Å². The van der Waals surface area contributed by atoms with Crippen LogP contribution in [0.2, 0.25) is 0 Å². The van der Waals surface area contributed by atoms with E-state index >= 15 is 0 Å². The van der Waals surface area contributed by atoms with Crippen LogP contribution in [0.25, 0.3) is 0 Å². The number of ether oxygens (including phenoxy) is 2. The second kappa shape index (κ2) is 5.57. The molecule has 3 unspecified atom stereocenters. The summed E-state index contributed by atoms with van der Waals surface area (Å²) in [5.74, 6) is 1.36. The molecule has 1 aliphatic heterocycles. The van der Waals surface area contributed by atoms with Crippen molar-refractivity contribution in [2.24, 2.45) is 0 Å². The molecule has 17 heavy (non-hydrogen) atoms. The maximum Gasteiger partial charge on any atom is 0.233 e. The van der Waals surface area contributed by atoms with Gasteiger partial charge in [-0.15, -0.1) is 0 Å². The van der Waals surface area contributed by atoms with Gasteiger partial charge < -0.3 is 19.3 Å². The van der Waals surface area contributed by atoms with E-state index in [0.717, 1.165) is 0 Å². The third-order valence-electron chi connectivity index (χ3n) is 3.01. The predicted octanol–water partition coefficient (Wildman–Crippen LogP) is 0.869. The van der Waals surface area contributed by atoms with E-state index in [-0.39, 0.29) is 18.1 Å². The Kier molecular flexibility index (Phi) is 4.09. The summed E-state index contributed by atoms with van der Waals surface area (Å²) in [4.78, 5) is 4.39. The lowest BCUT2D eigenvalue weighted by Crippen LogP contribution is -2.31. The Balaban J connectivity index is 2.07. The standard InChI is InChI=1S/C11H19N3O3/c1-4-16-7(2)10-13-11(17-14-10)8-5-15-6-9(8)12-3/h7-9,12H,4-6H2,1-3H3. The maximum absolute atomic E-state index is 5.43. The number of hydrogen-bond acceptors (Lipinski definition) is 6. The molecule has 0 aliphatic carbocycles. The minimum atomic E-state index is -0.132. The molecule has 1 saturated heterocycles. The quantitative estimate of drug-likeness (QED) is 0.825. The van der Waals surface area contributed by atoms with Crippen molar-refractivity contribution in [2.75, 3.05) is 26.9 Å². The molecule has 0 spiro atoms. The average Bonchev–Trinajstić information content (AvgIpc) is 2.97. The van der Waals surface area contributed by atoms with Crippen LogP contribution < -0.4 is 5.32 Å². The van der Waals surface area contributed by atoms with Crippen LogP contribution in [0.4, 0.5) is 0 Å². The van der Waals surface area contributed by atoms with Gasteiger partial charge in [-0.1, -0.05) is 5.16 Å². The molecule has 1 aromatic rings. The first-order valence-corrected chi connectivity index (χ1v) is 5.96. The van der Waals surface area contributed by atoms with Gasteiger partial charge in [-0.05, 0) is 20.9 Å². The number of nitrogens with zero attached hydrogens (tertiary/aromatic N) is 2. The van der Waals surface area contributed by atoms with Crippen molar-refractivity contribution in [1.29, 1.82) is 0 Å². The minimum absolute atomic E-state index is 0.132. The molecule has 1 N–H and O–H groups in total. The molecular formula is C11H19N3O3. The van der Waals surface area contributed by atoms with E-state index in [9.17, 15) is 0 Å². The summed E-state index contributed by atoms with van der Waals surface area (Å²) in [7, 11) is 1.91. The van der Waals surface area contributed by atoms with Crippen LogP contribution in [0.5, 0.6) is 0 Å². The average molecular weight is 241 g/mol. The number of rotatable bonds is 5. The van der Waals surface area contributed by atoms with Crippen LogP contribution in [-0.4, -0.2) is 43.1 Å². The van der Waals surface area contributed by atoms with Crippen LogP contribution in [0.1, 0.15) is 37.6 Å². The summed E-state index contributed by atoms with van der Waals surface area (Å²) in [5, 5.41) is 7.15. The first-order valence-electron chi connectivity index (χ1n) is 5.96. The summed E-state index contributed by atoms with van der Waals surface area (Å²) < 4.78 is 16.1. The fourth-order valence-electron chi connectivity index (χ4n) is 1.97. The highest BCUT2D eigenvalue weighted by Crippen LogP contribution is 2.25. The second-order valence-corrected chi connectivity index (χ2v) is 4.13. The summed E-state index contributed by atoms with van der Waals surface area (Å²) in [6, 6.07) is 0.241. The molecule has 1 aliphatic rings. The van der Waals surface area contributed by atoms with E-state index < -0.39 is 0 Å². The summed E-state index contributed by atoms with van der Waals surface area (Å²) in [6.45, 7) is 5.80. The predicted molar refractivity (Wildman–Crippen MR) is 60.7 cm³/mol. The van der Waals surface area contributed by atoms with Gasteiger partial charge in [-0.3, -0.25) is 0 Å². The van der Waals surface area contributed by atoms with Crippen molar-refractivity contribution < 1.29 is 14.0 Å². The molecule has 0 amide bonds. The monoisotopic (exact) mass is 241 g/mol. The topological polar surface area (TPSA) is 69.4 Å². The highest BCUT2D eigenvalue weighted by molar-refractivity contribution is 5.03. The number of aromatic nitrogens is 2. The van der Waals surface area contributed by atoms with Crippen LogP contribution in [-0.2, 0) is 9.47 Å². The van der Waals surface area contributed by atoms with Gasteiger partial charge in [0, 0.05) is 12.6 Å². The largest absolute Gasteiger partial charge is 0.379 e. The van der Waals surface area contributed by atoms with Gasteiger partial charge in [0.25, 0.3) is 0 Å². The highest BCUT2D eigenvalue weighted by Gasteiger charge is 2.33. The van der Waals surface area contributed by atoms with Crippen LogP contribution in [0, 0.1) is 0 Å². The van der Waals surface area contributed by atoms with Crippen molar-refractivity contribution in [1.82, 2.24) is 15.5 Å². The van der Waals surface area contributed by atoms with E-state index in [1.807, 2.05) is 20.9 Å². The first kappa shape index (κ1) is 12.5. The number of likely N-dealkylation sites (N-methyl/N-ethyl adjacent to an activating group) is 1. The molecule has 6 heteroatoms. The summed E-state index contributed by atoms with van der Waals surface area (Å²) in [6.07, 6.45) is -0.132. The van der Waals surface area contributed by atoms with Crippen molar-refractivity contribution in [3.8, 4) is 0 Å². The van der Waals surface area contributed by atoms with Gasteiger partial charge in [0.15, 0.2) is 5.82 Å². The fourth-order valence-corrected chi connectivity index (χ4v) is 1.97. The van der Waals surface area contributed by atoms with Gasteiger partial charge in [0.05, 0.1) is 19.1 Å². The fraction of sp³-hybridized carbons (Fsp3) is 0.818. The number of hydrogen-bond donors (Lipinski definition) is 1. The van der Waals surface area contributed by atoms with E-state index in [4.69, 9.17) is 14.0 Å². The lowest BCUT2D eigenvalue weighted by Gasteiger charge is -2.11. The number of nitrogens with one attached hydrogen (secondary N) is 1. The normalized spacial score (nSPS) is 26.3. The van der Waals surface area contributed by atoms with Gasteiger partial charge in [-0.25, -0.2) is 0 Å². The molecule has 0 aromatic carbocycles. The zero-order valence-corrected chi connectivity index (χ0v) is 10.5. The van der Waals surface area contributed by atoms with Crippen LogP contribution in [0.15, 0.2) is 4.52 Å². The molecule has 6 nitrogen and oxygen atoms in total. The third kappa shape index (κ3) is 2.65. The molecule has 1 aromatic heterocycles. The molecular weight excluding hydrogens is 222 g/mol. The summed E-state index contributed by atoms with van der Waals surface area (Å²) in [5.41, 5.74) is 0. The van der Waals surface area contributed by atoms with Gasteiger partial charge in [0.1, 0.15) is 6.10 Å². The summed E-state index contributed by atoms with van der Waals surface area (Å²) >= 11 is 0. The van der Waals surface area contributed by atoms with Crippen molar-refractivity contribution in [3.63, 3.8) is 0 Å². The Labute approximate surface area is 101 Å². The molecule has 2 heterocycles. The Morgan fingerprint density at radius 3 is 3.06 bits per heavy atom. The zero-order valence-electron chi connectivity index (χ0n) is 10.5. The minimum Gasteiger partial charge on any atom is -0.379 e. The van der Waals surface area contributed by atoms with Crippen molar-refractivity contribution >= 4 is 0 Å². The second-order valence-electron chi connectivity index (χ2n) is 4.13. The van der Waals surface area contributed by atoms with Crippen molar-refractivity contribution in [2.45, 2.75) is 31.9 Å². The van der Waals surface area contributed by atoms with Crippen LogP contribution >= 0.6 is 0 Å². The molecule has 0 saturated carbocycles. The maximum atomic E-state index is 5.43. The first-order chi connectivity index (χ1) is 8.26. The van der Waals surface area contributed by atoms with Gasteiger partial charge in [0.2, 0.25) is 5.89 Å². The lowest BCUT2D eigenvalue weighted by molar-refractivity contribution is 0.0683. The van der Waals surface area contributed by atoms with E-state index in [1.165, 1.54) is 0 Å². The Morgan fingerprint density at radius 1 is 1.53 bits per heavy atom. The van der Waals surface area contributed by atoms with Gasteiger partial charge >= 0.3 is 0 Å². The Bertz CT molecular complexity index is 355. The van der Waals surface area contributed by atoms with E-state index in [2.05, 4.69) is 15.5 Å². The molecule has 96 valence electrons. The molecule has 2 rings (SSSR count). The zero-order chi connectivity index (χ0) is 12.3. The molecule has 0 bridgehead atoms. The van der Waals surface area contributed by atoms with Gasteiger partial charge in [-0.2, -0.15) is 4.98 Å². The van der Waals surface area contributed by atoms with Crippen molar-refractivity contribution in [3.05, 3.63) is 11.7 Å². The molecule has 3 atom stereocenters. The van der Waals surface area contributed by atoms with E-state index in [0.29, 0.717) is 31.5 Å².